The van der Waals surface area contributed by atoms with Gasteiger partial charge >= 0.3 is 0 Å². The Hall–Kier alpha value is -1.01. The van der Waals surface area contributed by atoms with E-state index in [1.165, 1.54) is 0 Å². The average Bonchev–Trinajstić information content (AvgIpc) is 2.45. The Morgan fingerprint density at radius 1 is 1.62 bits per heavy atom. The molecule has 1 saturated heterocycles. The molecule has 0 spiro atoms. The first-order valence-electron chi connectivity index (χ1n) is 3.97. The van der Waals surface area contributed by atoms with Crippen LogP contribution in [0.25, 0.3) is 0 Å². The van der Waals surface area contributed by atoms with Crippen molar-refractivity contribution in [2.75, 3.05) is 13.1 Å². The second-order valence-electron chi connectivity index (χ2n) is 3.11. The highest BCUT2D eigenvalue weighted by Gasteiger charge is 2.32. The van der Waals surface area contributed by atoms with Gasteiger partial charge in [0.25, 0.3) is 0 Å². The highest BCUT2D eigenvalue weighted by atomic mass is 32.2. The van der Waals surface area contributed by atoms with E-state index in [1.807, 2.05) is 23.1 Å². The van der Waals surface area contributed by atoms with Gasteiger partial charge in [-0.05, 0) is 6.08 Å². The van der Waals surface area contributed by atoms with Gasteiger partial charge in [0.2, 0.25) is 10.0 Å². The van der Waals surface area contributed by atoms with Crippen LogP contribution < -0.4 is 10.5 Å². The van der Waals surface area contributed by atoms with Gasteiger partial charge < -0.3 is 10.2 Å². The Morgan fingerprint density at radius 3 is 3.00 bits per heavy atom. The highest BCUT2D eigenvalue weighted by molar-refractivity contribution is 7.89. The molecule has 2 aliphatic rings. The minimum Gasteiger partial charge on any atom is -0.353 e. The number of hydrogen-bond acceptors (Lipinski definition) is 4. The Morgan fingerprint density at radius 2 is 2.38 bits per heavy atom. The molecule has 1 atom stereocenters. The molecular formula is C7H11N3O2S. The fourth-order valence-electron chi connectivity index (χ4n) is 1.46. The van der Waals surface area contributed by atoms with Crippen LogP contribution in [0, 0.1) is 0 Å². The van der Waals surface area contributed by atoms with Gasteiger partial charge in [-0.3, -0.25) is 0 Å². The molecular weight excluding hydrogens is 190 g/mol. The summed E-state index contributed by atoms with van der Waals surface area (Å²) in [6.07, 6.45) is 5.70. The number of nitrogens with zero attached hydrogens (tertiary/aromatic N) is 1. The summed E-state index contributed by atoms with van der Waals surface area (Å²) in [6.45, 7) is 1.17. The van der Waals surface area contributed by atoms with Crippen molar-refractivity contribution in [1.29, 1.82) is 0 Å². The molecule has 0 amide bonds. The molecule has 5 nitrogen and oxygen atoms in total. The van der Waals surface area contributed by atoms with Crippen molar-refractivity contribution in [2.24, 2.45) is 5.14 Å². The lowest BCUT2D eigenvalue weighted by atomic mass is 10.3. The zero-order chi connectivity index (χ0) is 9.47. The molecule has 6 heteroatoms. The first-order valence-corrected chi connectivity index (χ1v) is 5.58. The van der Waals surface area contributed by atoms with E-state index in [4.69, 9.17) is 5.14 Å². The van der Waals surface area contributed by atoms with Crippen LogP contribution in [0.5, 0.6) is 0 Å². The van der Waals surface area contributed by atoms with Crippen molar-refractivity contribution in [3.05, 3.63) is 24.0 Å². The molecule has 0 saturated carbocycles. The Labute approximate surface area is 76.9 Å². The molecule has 2 heterocycles. The highest BCUT2D eigenvalue weighted by Crippen LogP contribution is 2.16. The summed E-state index contributed by atoms with van der Waals surface area (Å²) in [5.74, 6) is 0.835. The van der Waals surface area contributed by atoms with Crippen LogP contribution in [0.3, 0.4) is 0 Å². The van der Waals surface area contributed by atoms with Gasteiger partial charge in [0, 0.05) is 6.54 Å². The molecule has 0 aromatic rings. The molecule has 13 heavy (non-hydrogen) atoms. The molecule has 2 rings (SSSR count). The lowest BCUT2D eigenvalue weighted by molar-refractivity contribution is 0.429. The molecule has 0 bridgehead atoms. The molecule has 1 fully saturated rings. The molecule has 0 aromatic heterocycles. The van der Waals surface area contributed by atoms with Crippen molar-refractivity contribution in [3.8, 4) is 0 Å². The van der Waals surface area contributed by atoms with Gasteiger partial charge in [-0.1, -0.05) is 12.2 Å². The van der Waals surface area contributed by atoms with E-state index in [-0.39, 0.29) is 0 Å². The number of fused-ring (bicyclic) bond motifs is 1. The number of allylic oxidation sites excluding steroid dienone is 2. The van der Waals surface area contributed by atoms with E-state index < -0.39 is 15.4 Å². The predicted octanol–water partition coefficient (Wildman–Crippen LogP) is -1.08. The smallest absolute Gasteiger partial charge is 0.231 e. The van der Waals surface area contributed by atoms with Gasteiger partial charge in [-0.15, -0.1) is 0 Å². The summed E-state index contributed by atoms with van der Waals surface area (Å²) in [5.41, 5.74) is 0. The van der Waals surface area contributed by atoms with E-state index in [1.54, 1.807) is 0 Å². The minimum absolute atomic E-state index is 0.426. The lowest BCUT2D eigenvalue weighted by Gasteiger charge is -2.18. The first-order chi connectivity index (χ1) is 6.07. The molecule has 2 aliphatic heterocycles. The van der Waals surface area contributed by atoms with Crippen LogP contribution >= 0.6 is 0 Å². The fraction of sp³-hybridized carbons (Fsp3) is 0.429. The van der Waals surface area contributed by atoms with Crippen LogP contribution in [0.2, 0.25) is 0 Å². The van der Waals surface area contributed by atoms with Crippen LogP contribution in [0.15, 0.2) is 24.0 Å². The van der Waals surface area contributed by atoms with Gasteiger partial charge in [0.05, 0.1) is 6.54 Å². The monoisotopic (exact) mass is 201 g/mol. The summed E-state index contributed by atoms with van der Waals surface area (Å²) in [7, 11) is -3.48. The third kappa shape index (κ3) is 1.54. The zero-order valence-corrected chi connectivity index (χ0v) is 7.79. The van der Waals surface area contributed by atoms with Crippen molar-refractivity contribution in [1.82, 2.24) is 10.2 Å². The topological polar surface area (TPSA) is 75.4 Å². The summed E-state index contributed by atoms with van der Waals surface area (Å²) >= 11 is 0. The maximum atomic E-state index is 11.0. The normalized spacial score (nSPS) is 26.7. The lowest BCUT2D eigenvalue weighted by Crippen LogP contribution is -2.37. The second kappa shape index (κ2) is 2.74. The van der Waals surface area contributed by atoms with Gasteiger partial charge in [0.15, 0.2) is 5.37 Å². The van der Waals surface area contributed by atoms with Crippen molar-refractivity contribution in [3.63, 3.8) is 0 Å². The predicted molar refractivity (Wildman–Crippen MR) is 48.8 cm³/mol. The summed E-state index contributed by atoms with van der Waals surface area (Å²) in [6, 6.07) is 0. The van der Waals surface area contributed by atoms with Gasteiger partial charge in [-0.25, -0.2) is 13.6 Å². The standard InChI is InChI=1S/C7H11N3O2S/c8-13(11,12)7-5-10-4-2-1-3-6(10)9-7/h1-3,7,9H,4-5H2,(H2,8,11,12). The number of rotatable bonds is 1. The molecule has 0 radical (unpaired) electrons. The van der Waals surface area contributed by atoms with E-state index in [0.717, 1.165) is 12.4 Å². The summed E-state index contributed by atoms with van der Waals surface area (Å²) in [4.78, 5) is 1.94. The second-order valence-corrected chi connectivity index (χ2v) is 4.85. The van der Waals surface area contributed by atoms with Crippen molar-refractivity contribution in [2.45, 2.75) is 5.37 Å². The van der Waals surface area contributed by atoms with Crippen molar-refractivity contribution >= 4 is 10.0 Å². The van der Waals surface area contributed by atoms with E-state index in [9.17, 15) is 8.42 Å². The Balaban J connectivity index is 2.20. The maximum Gasteiger partial charge on any atom is 0.231 e. The van der Waals surface area contributed by atoms with E-state index in [0.29, 0.717) is 6.54 Å². The summed E-state index contributed by atoms with van der Waals surface area (Å²) in [5, 5.41) is 7.22. The molecule has 0 aromatic carbocycles. The van der Waals surface area contributed by atoms with Gasteiger partial charge in [-0.2, -0.15) is 0 Å². The number of primary sulfonamides is 1. The fourth-order valence-corrected chi connectivity index (χ4v) is 2.13. The quantitative estimate of drug-likeness (QED) is 0.565. The zero-order valence-electron chi connectivity index (χ0n) is 6.97. The summed E-state index contributed by atoms with van der Waals surface area (Å²) < 4.78 is 22.0. The van der Waals surface area contributed by atoms with Crippen LogP contribution in [-0.2, 0) is 10.0 Å². The molecule has 3 N–H and O–H groups in total. The Kier molecular flexibility index (Phi) is 1.81. The third-order valence-corrected chi connectivity index (χ3v) is 3.21. The number of nitrogens with two attached hydrogens (primary N) is 1. The maximum absolute atomic E-state index is 11.0. The van der Waals surface area contributed by atoms with E-state index >= 15 is 0 Å². The largest absolute Gasteiger partial charge is 0.353 e. The number of sulfonamides is 1. The Bertz CT molecular complexity index is 371. The van der Waals surface area contributed by atoms with Crippen LogP contribution in [-0.4, -0.2) is 31.8 Å². The van der Waals surface area contributed by atoms with Crippen LogP contribution in [0.4, 0.5) is 0 Å². The number of nitrogens with one attached hydrogen (secondary N) is 1. The van der Waals surface area contributed by atoms with Gasteiger partial charge in [0.1, 0.15) is 5.82 Å². The molecule has 0 aliphatic carbocycles. The first kappa shape index (κ1) is 8.58. The van der Waals surface area contributed by atoms with E-state index in [2.05, 4.69) is 5.32 Å². The molecule has 72 valence electrons. The number of hydrogen-bond donors (Lipinski definition) is 2. The molecule has 1 unspecified atom stereocenters. The average molecular weight is 201 g/mol. The van der Waals surface area contributed by atoms with Crippen LogP contribution in [0.1, 0.15) is 0 Å². The van der Waals surface area contributed by atoms with Crippen molar-refractivity contribution < 1.29 is 8.42 Å². The minimum atomic E-state index is -3.48. The third-order valence-electron chi connectivity index (χ3n) is 2.15. The SMILES string of the molecule is NS(=O)(=O)C1CN2CC=CC=C2N1.